The summed E-state index contributed by atoms with van der Waals surface area (Å²) in [5.41, 5.74) is 1.60. The van der Waals surface area contributed by atoms with E-state index in [0.717, 1.165) is 11.1 Å². The minimum atomic E-state index is -3.69. The molecular weight excluding hydrogens is 307 g/mol. The van der Waals surface area contributed by atoms with Gasteiger partial charge in [-0.25, -0.2) is 0 Å². The van der Waals surface area contributed by atoms with Crippen molar-refractivity contribution in [3.63, 3.8) is 0 Å². The molecule has 0 fully saturated rings. The van der Waals surface area contributed by atoms with Gasteiger partial charge in [0.2, 0.25) is 0 Å². The summed E-state index contributed by atoms with van der Waals surface area (Å²) in [6.07, 6.45) is 0. The number of fused-ring (bicyclic) bond motifs is 3. The molecule has 1 aliphatic rings. The number of carbonyl (C=O) groups is 1. The molecule has 1 atom stereocenters. The molecule has 0 saturated carbocycles. The second-order valence-corrected chi connectivity index (χ2v) is 7.50. The lowest BCUT2D eigenvalue weighted by Crippen LogP contribution is -2.24. The van der Waals surface area contributed by atoms with Crippen molar-refractivity contribution in [3.8, 4) is 16.9 Å². The monoisotopic (exact) mass is 320 g/mol. The second-order valence-electron chi connectivity index (χ2n) is 5.32. The van der Waals surface area contributed by atoms with Crippen molar-refractivity contribution in [3.05, 3.63) is 84.4 Å². The maximum Gasteiger partial charge on any atom is 0.347 e. The van der Waals surface area contributed by atoms with Crippen molar-refractivity contribution in [1.29, 1.82) is 0 Å². The van der Waals surface area contributed by atoms with E-state index < -0.39 is 12.9 Å². The molecule has 4 heteroatoms. The van der Waals surface area contributed by atoms with Gasteiger partial charge in [0, 0.05) is 5.56 Å². The van der Waals surface area contributed by atoms with Crippen LogP contribution < -0.4 is 9.83 Å². The minimum Gasteiger partial charge on any atom is -0.435 e. The number of hydrogen-bond donors (Lipinski definition) is 0. The van der Waals surface area contributed by atoms with E-state index in [1.807, 2.05) is 30.3 Å². The van der Waals surface area contributed by atoms with Crippen molar-refractivity contribution in [2.45, 2.75) is 0 Å². The summed E-state index contributed by atoms with van der Waals surface area (Å²) in [5.74, 6) is 0.429. The summed E-state index contributed by atoms with van der Waals surface area (Å²) < 4.78 is 19.3. The molecule has 0 aromatic heterocycles. The van der Waals surface area contributed by atoms with Gasteiger partial charge in [0.05, 0.1) is 5.30 Å². The zero-order valence-electron chi connectivity index (χ0n) is 12.2. The Hall–Kier alpha value is -2.64. The van der Waals surface area contributed by atoms with Crippen molar-refractivity contribution < 1.29 is 13.9 Å². The van der Waals surface area contributed by atoms with Crippen LogP contribution in [0.5, 0.6) is 5.75 Å². The summed E-state index contributed by atoms with van der Waals surface area (Å²) in [6, 6.07) is 23.3. The molecule has 0 saturated heterocycles. The lowest BCUT2D eigenvalue weighted by atomic mass is 10.00. The fourth-order valence-corrected chi connectivity index (χ4v) is 4.98. The number of carbonyl (C=O) groups excluding carboxylic acids is 1. The number of rotatable bonds is 2. The normalized spacial score (nSPS) is 18.9. The average Bonchev–Trinajstić information content (AvgIpc) is 2.61. The van der Waals surface area contributed by atoms with Crippen LogP contribution in [0.3, 0.4) is 0 Å². The predicted molar refractivity (Wildman–Crippen MR) is 90.5 cm³/mol. The Labute approximate surface area is 134 Å². The molecule has 0 aliphatic carbocycles. The SMILES string of the molecule is O=C1c2ccccc2-c2ccccc2P1(=O)Oc1ccccc1. The highest BCUT2D eigenvalue weighted by Gasteiger charge is 2.44. The van der Waals surface area contributed by atoms with Gasteiger partial charge < -0.3 is 4.52 Å². The summed E-state index contributed by atoms with van der Waals surface area (Å²) >= 11 is 0. The maximum atomic E-state index is 13.5. The molecular formula is C19H13O3P. The van der Waals surface area contributed by atoms with Gasteiger partial charge >= 0.3 is 7.37 Å². The van der Waals surface area contributed by atoms with Crippen LogP contribution in [0, 0.1) is 0 Å². The molecule has 1 unspecified atom stereocenters. The van der Waals surface area contributed by atoms with Gasteiger partial charge in [-0.1, -0.05) is 60.7 Å². The first-order chi connectivity index (χ1) is 11.2. The van der Waals surface area contributed by atoms with E-state index in [1.54, 1.807) is 48.5 Å². The zero-order chi connectivity index (χ0) is 15.9. The predicted octanol–water partition coefficient (Wildman–Crippen LogP) is 4.49. The molecule has 4 rings (SSSR count). The van der Waals surface area contributed by atoms with Gasteiger partial charge in [-0.3, -0.25) is 9.36 Å². The van der Waals surface area contributed by atoms with Crippen LogP contribution in [-0.2, 0) is 4.57 Å². The van der Waals surface area contributed by atoms with E-state index in [-0.39, 0.29) is 0 Å². The topological polar surface area (TPSA) is 43.4 Å². The fourth-order valence-electron chi connectivity index (χ4n) is 2.85. The van der Waals surface area contributed by atoms with Gasteiger partial charge in [-0.2, -0.15) is 0 Å². The first-order valence-electron chi connectivity index (χ1n) is 7.29. The summed E-state index contributed by atoms with van der Waals surface area (Å²) in [4.78, 5) is 12.9. The highest BCUT2D eigenvalue weighted by Crippen LogP contribution is 2.55. The Morgan fingerprint density at radius 3 is 1.96 bits per heavy atom. The molecule has 3 nitrogen and oxygen atoms in total. The lowest BCUT2D eigenvalue weighted by molar-refractivity contribution is 0.106. The Bertz CT molecular complexity index is 948. The molecule has 0 spiro atoms. The van der Waals surface area contributed by atoms with Crippen molar-refractivity contribution in [2.75, 3.05) is 0 Å². The lowest BCUT2D eigenvalue weighted by Gasteiger charge is -2.26. The van der Waals surface area contributed by atoms with Crippen LogP contribution in [0.2, 0.25) is 0 Å². The van der Waals surface area contributed by atoms with E-state index in [4.69, 9.17) is 4.52 Å². The highest BCUT2D eigenvalue weighted by atomic mass is 31.2. The molecule has 0 amide bonds. The minimum absolute atomic E-state index is 0.429. The third kappa shape index (κ3) is 2.13. The highest BCUT2D eigenvalue weighted by molar-refractivity contribution is 7.84. The first-order valence-corrected chi connectivity index (χ1v) is 8.91. The summed E-state index contributed by atoms with van der Waals surface area (Å²) in [5, 5.41) is 0.465. The third-order valence-electron chi connectivity index (χ3n) is 3.91. The summed E-state index contributed by atoms with van der Waals surface area (Å²) in [6.45, 7) is 0. The molecule has 1 aliphatic heterocycles. The largest absolute Gasteiger partial charge is 0.435 e. The fraction of sp³-hybridized carbons (Fsp3) is 0. The molecule has 112 valence electrons. The van der Waals surface area contributed by atoms with E-state index in [9.17, 15) is 9.36 Å². The van der Waals surface area contributed by atoms with Crippen LogP contribution in [0.25, 0.3) is 11.1 Å². The Balaban J connectivity index is 1.95. The quantitative estimate of drug-likeness (QED) is 0.653. The van der Waals surface area contributed by atoms with Crippen molar-refractivity contribution >= 4 is 18.2 Å². The third-order valence-corrected chi connectivity index (χ3v) is 6.18. The van der Waals surface area contributed by atoms with Crippen LogP contribution in [0.15, 0.2) is 78.9 Å². The Morgan fingerprint density at radius 1 is 0.652 bits per heavy atom. The molecule has 0 bridgehead atoms. The Morgan fingerprint density at radius 2 is 1.22 bits per heavy atom. The number of hydrogen-bond acceptors (Lipinski definition) is 3. The molecule has 0 N–H and O–H groups in total. The molecule has 3 aromatic rings. The van der Waals surface area contributed by atoms with Crippen LogP contribution in [-0.4, -0.2) is 5.52 Å². The average molecular weight is 320 g/mol. The van der Waals surface area contributed by atoms with Crippen LogP contribution >= 0.6 is 7.37 Å². The van der Waals surface area contributed by atoms with Gasteiger partial charge in [0.15, 0.2) is 0 Å². The van der Waals surface area contributed by atoms with Crippen LogP contribution in [0.4, 0.5) is 0 Å². The van der Waals surface area contributed by atoms with Gasteiger partial charge in [0.25, 0.3) is 5.52 Å². The standard InChI is InChI=1S/C19H13O3P/c20-19-17-12-5-4-10-15(17)16-11-6-7-13-18(16)23(19,21)22-14-8-2-1-3-9-14/h1-13H. The van der Waals surface area contributed by atoms with Gasteiger partial charge in [-0.15, -0.1) is 0 Å². The zero-order valence-corrected chi connectivity index (χ0v) is 13.1. The first kappa shape index (κ1) is 14.0. The van der Waals surface area contributed by atoms with E-state index in [1.165, 1.54) is 0 Å². The van der Waals surface area contributed by atoms with E-state index in [0.29, 0.717) is 16.6 Å². The van der Waals surface area contributed by atoms with Crippen LogP contribution in [0.1, 0.15) is 10.4 Å². The molecule has 1 heterocycles. The molecule has 23 heavy (non-hydrogen) atoms. The number of benzene rings is 3. The van der Waals surface area contributed by atoms with Gasteiger partial charge in [-0.05, 0) is 29.3 Å². The van der Waals surface area contributed by atoms with E-state index in [2.05, 4.69) is 0 Å². The molecule has 3 aromatic carbocycles. The van der Waals surface area contributed by atoms with Gasteiger partial charge in [0.1, 0.15) is 5.75 Å². The van der Waals surface area contributed by atoms with E-state index >= 15 is 0 Å². The smallest absolute Gasteiger partial charge is 0.347 e. The van der Waals surface area contributed by atoms with Crippen molar-refractivity contribution in [2.24, 2.45) is 0 Å². The maximum absolute atomic E-state index is 13.5. The van der Waals surface area contributed by atoms with Crippen molar-refractivity contribution in [1.82, 2.24) is 0 Å². The Kier molecular flexibility index (Phi) is 3.17. The number of para-hydroxylation sites is 1. The summed E-state index contributed by atoms with van der Waals surface area (Å²) in [7, 11) is -3.69. The molecule has 0 radical (unpaired) electrons. The second kappa shape index (κ2) is 5.22.